The van der Waals surface area contributed by atoms with E-state index in [9.17, 15) is 9.59 Å². The van der Waals surface area contributed by atoms with Gasteiger partial charge < -0.3 is 14.7 Å². The van der Waals surface area contributed by atoms with Crippen molar-refractivity contribution >= 4 is 11.9 Å². The van der Waals surface area contributed by atoms with Crippen LogP contribution >= 0.6 is 0 Å². The molecule has 0 saturated carbocycles. The molecule has 1 fully saturated rings. The normalized spacial score (nSPS) is 18.4. The van der Waals surface area contributed by atoms with Crippen LogP contribution in [0.4, 0.5) is 0 Å². The average Bonchev–Trinajstić information content (AvgIpc) is 2.89. The lowest BCUT2D eigenvalue weighted by atomic mass is 10.1. The molecule has 0 spiro atoms. The van der Waals surface area contributed by atoms with E-state index < -0.39 is 12.1 Å². The van der Waals surface area contributed by atoms with Crippen molar-refractivity contribution in [1.82, 2.24) is 14.7 Å². The fourth-order valence-electron chi connectivity index (χ4n) is 3.03. The highest BCUT2D eigenvalue weighted by Gasteiger charge is 2.28. The number of carbonyl (C=O) groups is 2. The maximum Gasteiger partial charge on any atom is 0.306 e. The summed E-state index contributed by atoms with van der Waals surface area (Å²) >= 11 is 0. The Hall–Kier alpha value is -1.89. The predicted molar refractivity (Wildman–Crippen MR) is 84.5 cm³/mol. The Morgan fingerprint density at radius 2 is 2.13 bits per heavy atom. The molecular weight excluding hydrogens is 298 g/mol. The molecule has 1 aliphatic rings. The van der Waals surface area contributed by atoms with E-state index in [-0.39, 0.29) is 12.3 Å². The number of aromatic nitrogens is 2. The van der Waals surface area contributed by atoms with Crippen LogP contribution in [0.3, 0.4) is 0 Å². The standard InChI is InChI=1S/C16H25N3O4/c1-4-12(5-2)19-11(3)14(9-17-19)16(22)18-6-7-23-13(10-18)8-15(20)21/h9,12-13H,4-8,10H2,1-3H3,(H,20,21). The molecule has 2 rings (SSSR count). The Morgan fingerprint density at radius 1 is 1.43 bits per heavy atom. The second kappa shape index (κ2) is 7.59. The number of aliphatic carboxylic acids is 1. The van der Waals surface area contributed by atoms with Crippen LogP contribution in [0.2, 0.25) is 0 Å². The summed E-state index contributed by atoms with van der Waals surface area (Å²) in [5, 5.41) is 13.3. The first kappa shape index (κ1) is 17.5. The Labute approximate surface area is 136 Å². The molecular formula is C16H25N3O4. The van der Waals surface area contributed by atoms with Crippen molar-refractivity contribution in [3.05, 3.63) is 17.5 Å². The maximum atomic E-state index is 12.7. The molecule has 0 bridgehead atoms. The lowest BCUT2D eigenvalue weighted by Gasteiger charge is -2.32. The fourth-order valence-corrected chi connectivity index (χ4v) is 3.03. The monoisotopic (exact) mass is 323 g/mol. The highest BCUT2D eigenvalue weighted by molar-refractivity contribution is 5.95. The average molecular weight is 323 g/mol. The molecule has 1 unspecified atom stereocenters. The molecule has 1 saturated heterocycles. The zero-order chi connectivity index (χ0) is 17.0. The number of rotatable bonds is 6. The molecule has 0 aromatic carbocycles. The van der Waals surface area contributed by atoms with Crippen LogP contribution in [0.1, 0.15) is 55.2 Å². The van der Waals surface area contributed by atoms with Crippen molar-refractivity contribution in [2.24, 2.45) is 0 Å². The summed E-state index contributed by atoms with van der Waals surface area (Å²) in [6.45, 7) is 7.27. The van der Waals surface area contributed by atoms with Gasteiger partial charge in [0.25, 0.3) is 5.91 Å². The molecule has 2 heterocycles. The molecule has 128 valence electrons. The third kappa shape index (κ3) is 3.90. The van der Waals surface area contributed by atoms with E-state index >= 15 is 0 Å². The Bertz CT molecular complexity index is 566. The Balaban J connectivity index is 2.12. The summed E-state index contributed by atoms with van der Waals surface area (Å²) in [7, 11) is 0. The lowest BCUT2D eigenvalue weighted by Crippen LogP contribution is -2.46. The number of morpholine rings is 1. The molecule has 0 aliphatic carbocycles. The van der Waals surface area contributed by atoms with Crippen molar-refractivity contribution in [2.45, 2.75) is 52.2 Å². The minimum atomic E-state index is -0.915. The van der Waals surface area contributed by atoms with E-state index in [2.05, 4.69) is 18.9 Å². The molecule has 7 heteroatoms. The number of ether oxygens (including phenoxy) is 1. The number of nitrogens with zero attached hydrogens (tertiary/aromatic N) is 3. The quantitative estimate of drug-likeness (QED) is 0.864. The van der Waals surface area contributed by atoms with Crippen molar-refractivity contribution in [1.29, 1.82) is 0 Å². The number of carbonyl (C=O) groups excluding carboxylic acids is 1. The molecule has 0 radical (unpaired) electrons. The Kier molecular flexibility index (Phi) is 5.76. The van der Waals surface area contributed by atoms with Crippen LogP contribution in [0.15, 0.2) is 6.20 Å². The minimum Gasteiger partial charge on any atom is -0.481 e. The highest BCUT2D eigenvalue weighted by atomic mass is 16.5. The van der Waals surface area contributed by atoms with Gasteiger partial charge in [0.1, 0.15) is 0 Å². The van der Waals surface area contributed by atoms with Gasteiger partial charge in [-0.2, -0.15) is 5.10 Å². The molecule has 1 aromatic rings. The van der Waals surface area contributed by atoms with Gasteiger partial charge in [0, 0.05) is 18.8 Å². The van der Waals surface area contributed by atoms with Crippen LogP contribution in [-0.2, 0) is 9.53 Å². The van der Waals surface area contributed by atoms with Gasteiger partial charge >= 0.3 is 5.97 Å². The van der Waals surface area contributed by atoms with Gasteiger partial charge in [0.2, 0.25) is 0 Å². The van der Waals surface area contributed by atoms with Gasteiger partial charge in [-0.25, -0.2) is 0 Å². The number of hydrogen-bond acceptors (Lipinski definition) is 4. The second-order valence-corrected chi connectivity index (χ2v) is 5.90. The number of hydrogen-bond donors (Lipinski definition) is 1. The van der Waals surface area contributed by atoms with E-state index in [1.807, 2.05) is 11.6 Å². The SMILES string of the molecule is CCC(CC)n1ncc(C(=O)N2CCOC(CC(=O)O)C2)c1C. The number of carboxylic acids is 1. The second-order valence-electron chi connectivity index (χ2n) is 5.90. The molecule has 1 N–H and O–H groups in total. The van der Waals surface area contributed by atoms with Gasteiger partial charge in [0.05, 0.1) is 36.9 Å². The predicted octanol–water partition coefficient (Wildman–Crippen LogP) is 1.87. The smallest absolute Gasteiger partial charge is 0.306 e. The van der Waals surface area contributed by atoms with Crippen molar-refractivity contribution < 1.29 is 19.4 Å². The minimum absolute atomic E-state index is 0.0875. The number of amides is 1. The van der Waals surface area contributed by atoms with Gasteiger partial charge in [-0.3, -0.25) is 14.3 Å². The molecule has 23 heavy (non-hydrogen) atoms. The van der Waals surface area contributed by atoms with E-state index in [0.717, 1.165) is 18.5 Å². The van der Waals surface area contributed by atoms with Crippen molar-refractivity contribution in [3.63, 3.8) is 0 Å². The molecule has 7 nitrogen and oxygen atoms in total. The van der Waals surface area contributed by atoms with E-state index in [1.165, 1.54) is 0 Å². The third-order valence-electron chi connectivity index (χ3n) is 4.39. The molecule has 1 amide bonds. The van der Waals surface area contributed by atoms with Crippen LogP contribution in [-0.4, -0.2) is 57.5 Å². The summed E-state index contributed by atoms with van der Waals surface area (Å²) in [5.41, 5.74) is 1.46. The molecule has 1 aliphatic heterocycles. The van der Waals surface area contributed by atoms with E-state index in [0.29, 0.717) is 31.3 Å². The summed E-state index contributed by atoms with van der Waals surface area (Å²) in [4.78, 5) is 25.2. The summed E-state index contributed by atoms with van der Waals surface area (Å²) < 4.78 is 7.34. The van der Waals surface area contributed by atoms with E-state index in [1.54, 1.807) is 11.1 Å². The zero-order valence-corrected chi connectivity index (χ0v) is 14.0. The van der Waals surface area contributed by atoms with Gasteiger partial charge in [-0.05, 0) is 19.8 Å². The first-order chi connectivity index (χ1) is 11.0. The first-order valence-corrected chi connectivity index (χ1v) is 8.14. The fraction of sp³-hybridized carbons (Fsp3) is 0.688. The molecule has 1 aromatic heterocycles. The van der Waals surface area contributed by atoms with Crippen molar-refractivity contribution in [2.75, 3.05) is 19.7 Å². The topological polar surface area (TPSA) is 84.7 Å². The van der Waals surface area contributed by atoms with Gasteiger partial charge in [0.15, 0.2) is 0 Å². The van der Waals surface area contributed by atoms with Crippen LogP contribution in [0, 0.1) is 6.92 Å². The maximum absolute atomic E-state index is 12.7. The van der Waals surface area contributed by atoms with Gasteiger partial charge in [-0.1, -0.05) is 13.8 Å². The third-order valence-corrected chi connectivity index (χ3v) is 4.39. The van der Waals surface area contributed by atoms with Crippen LogP contribution in [0.5, 0.6) is 0 Å². The summed E-state index contributed by atoms with van der Waals surface area (Å²) in [6.07, 6.45) is 3.02. The largest absolute Gasteiger partial charge is 0.481 e. The van der Waals surface area contributed by atoms with E-state index in [4.69, 9.17) is 9.84 Å². The first-order valence-electron chi connectivity index (χ1n) is 8.14. The zero-order valence-electron chi connectivity index (χ0n) is 14.0. The summed E-state index contributed by atoms with van der Waals surface area (Å²) in [5.74, 6) is -1.01. The number of carboxylic acid groups (broad SMARTS) is 1. The van der Waals surface area contributed by atoms with Crippen LogP contribution in [0.25, 0.3) is 0 Å². The van der Waals surface area contributed by atoms with Crippen molar-refractivity contribution in [3.8, 4) is 0 Å². The summed E-state index contributed by atoms with van der Waals surface area (Å²) in [6, 6.07) is 0.293. The molecule has 1 atom stereocenters. The van der Waals surface area contributed by atoms with Gasteiger partial charge in [-0.15, -0.1) is 0 Å². The lowest BCUT2D eigenvalue weighted by molar-refractivity contribution is -0.141. The highest BCUT2D eigenvalue weighted by Crippen LogP contribution is 2.21. The Morgan fingerprint density at radius 3 is 2.74 bits per heavy atom. The van der Waals surface area contributed by atoms with Crippen LogP contribution < -0.4 is 0 Å².